The summed E-state index contributed by atoms with van der Waals surface area (Å²) in [5.41, 5.74) is 0. The zero-order chi connectivity index (χ0) is 10.7. The van der Waals surface area contributed by atoms with Gasteiger partial charge >= 0.3 is 104 Å². The Morgan fingerprint density at radius 3 is 2.33 bits per heavy atom. The number of benzene rings is 2. The van der Waals surface area contributed by atoms with Crippen molar-refractivity contribution in [3.63, 3.8) is 0 Å². The van der Waals surface area contributed by atoms with Crippen molar-refractivity contribution in [3.05, 3.63) is 48.5 Å². The van der Waals surface area contributed by atoms with E-state index < -0.39 is 0 Å². The summed E-state index contributed by atoms with van der Waals surface area (Å²) in [7, 11) is 0. The second-order valence-electron chi connectivity index (χ2n) is 3.34. The van der Waals surface area contributed by atoms with E-state index in [1.165, 1.54) is 0 Å². The Morgan fingerprint density at radius 1 is 0.933 bits per heavy atom. The molecular weight excluding hydrogens is 199 g/mol. The summed E-state index contributed by atoms with van der Waals surface area (Å²) >= 11 is 6.38. The van der Waals surface area contributed by atoms with Crippen LogP contribution in [0.25, 0.3) is 0 Å². The molecule has 0 amide bonds. The van der Waals surface area contributed by atoms with E-state index in [-0.39, 0.29) is 0 Å². The van der Waals surface area contributed by atoms with Gasteiger partial charge in [-0.05, 0) is 0 Å². The van der Waals surface area contributed by atoms with Crippen molar-refractivity contribution in [1.82, 2.24) is 0 Å². The van der Waals surface area contributed by atoms with Gasteiger partial charge in [0.25, 0.3) is 0 Å². The van der Waals surface area contributed by atoms with Crippen LogP contribution in [0.5, 0.6) is 11.5 Å². The van der Waals surface area contributed by atoms with Crippen LogP contribution in [0, 0.1) is 0 Å². The minimum absolute atomic E-state index is 0.826. The Labute approximate surface area is 104 Å². The van der Waals surface area contributed by atoms with Crippen LogP contribution in [0.15, 0.2) is 53.4 Å². The summed E-state index contributed by atoms with van der Waals surface area (Å²) in [5.74, 6) is 1.66. The first-order chi connectivity index (χ1) is 7.27. The fourth-order valence-corrected chi connectivity index (χ4v) is 1.68. The molecule has 70 valence electrons. The summed E-state index contributed by atoms with van der Waals surface area (Å²) in [5, 5.41) is 0. The van der Waals surface area contributed by atoms with E-state index in [2.05, 4.69) is 12.6 Å². The Kier molecular flexibility index (Phi) is 3.43. The van der Waals surface area contributed by atoms with Crippen molar-refractivity contribution in [2.24, 2.45) is 0 Å². The molecule has 0 bridgehead atoms. The molecule has 0 aliphatic rings. The molecule has 0 heterocycles. The zero-order valence-corrected chi connectivity index (χ0v) is 9.37. The molecule has 2 aromatic rings. The van der Waals surface area contributed by atoms with Crippen molar-refractivity contribution < 1.29 is 4.74 Å². The van der Waals surface area contributed by atoms with Gasteiger partial charge in [0.15, 0.2) is 0 Å². The van der Waals surface area contributed by atoms with Crippen LogP contribution >= 0.6 is 12.6 Å². The Hall–Kier alpha value is -0.813. The first kappa shape index (κ1) is 10.7. The number of para-hydroxylation sites is 2. The average molecular weight is 208 g/mol. The maximum atomic E-state index is 5.76. The summed E-state index contributed by atoms with van der Waals surface area (Å²) in [6.07, 6.45) is 0. The molecule has 0 radical (unpaired) electrons. The van der Waals surface area contributed by atoms with Gasteiger partial charge in [-0.15, -0.1) is 0 Å². The quantitative estimate of drug-likeness (QED) is 0.589. The predicted octanol–water partition coefficient (Wildman–Crippen LogP) is 2.56. The minimum atomic E-state index is 0.826. The molecule has 0 fully saturated rings. The van der Waals surface area contributed by atoms with Crippen molar-refractivity contribution in [2.75, 3.05) is 0 Å². The molecule has 2 rings (SSSR count). The molecule has 0 atom stereocenters. The predicted molar refractivity (Wildman–Crippen MR) is 65.6 cm³/mol. The van der Waals surface area contributed by atoms with E-state index in [1.54, 1.807) is 0 Å². The Bertz CT molecular complexity index is 436. The first-order valence-corrected chi connectivity index (χ1v) is 5.23. The standard InChI is InChI=1S/C12H9OS.Li/c14-12-9-5-4-8-11(12)13-10-6-2-1-3-7-10;/h1-7,9,14H;. The molecule has 3 heteroatoms. The van der Waals surface area contributed by atoms with Crippen molar-refractivity contribution in [1.29, 1.82) is 0 Å². The molecule has 0 N–H and O–H groups in total. The summed E-state index contributed by atoms with van der Waals surface area (Å²) in [6.45, 7) is 0. The molecule has 1 nitrogen and oxygen atoms in total. The average Bonchev–Trinajstić information content (AvgIpc) is 2.25. The fourth-order valence-electron chi connectivity index (χ4n) is 1.38. The summed E-state index contributed by atoms with van der Waals surface area (Å²) in [6, 6.07) is 15.6. The molecule has 0 aliphatic heterocycles. The topological polar surface area (TPSA) is 9.23 Å². The van der Waals surface area contributed by atoms with Gasteiger partial charge < -0.3 is 0 Å². The molecule has 0 saturated heterocycles. The molecular formula is C12H9LiOS. The fraction of sp³-hybridized carbons (Fsp3) is 0. The second-order valence-corrected chi connectivity index (χ2v) is 3.82. The van der Waals surface area contributed by atoms with Gasteiger partial charge in [0, 0.05) is 0 Å². The third-order valence-electron chi connectivity index (χ3n) is 2.15. The first-order valence-electron chi connectivity index (χ1n) is 4.79. The van der Waals surface area contributed by atoms with Crippen molar-refractivity contribution >= 4 is 34.6 Å². The number of ether oxygens (including phenoxy) is 1. The van der Waals surface area contributed by atoms with Gasteiger partial charge in [0.1, 0.15) is 0 Å². The van der Waals surface area contributed by atoms with E-state index in [0.717, 1.165) is 20.6 Å². The van der Waals surface area contributed by atoms with Crippen LogP contribution in [-0.4, -0.2) is 17.7 Å². The molecule has 15 heavy (non-hydrogen) atoms. The van der Waals surface area contributed by atoms with E-state index in [9.17, 15) is 0 Å². The number of thiol groups is 1. The summed E-state index contributed by atoms with van der Waals surface area (Å²) < 4.78 is 6.85. The number of hydrogen-bond donors (Lipinski definition) is 1. The van der Waals surface area contributed by atoms with Crippen LogP contribution < -0.4 is 8.97 Å². The Balaban J connectivity index is 2.32. The van der Waals surface area contributed by atoms with Gasteiger partial charge in [-0.1, -0.05) is 0 Å². The van der Waals surface area contributed by atoms with Crippen LogP contribution in [0.3, 0.4) is 0 Å². The Morgan fingerprint density at radius 2 is 1.67 bits per heavy atom. The van der Waals surface area contributed by atoms with Gasteiger partial charge in [0.05, 0.1) is 0 Å². The van der Waals surface area contributed by atoms with Crippen LogP contribution in [0.4, 0.5) is 0 Å². The van der Waals surface area contributed by atoms with Gasteiger partial charge in [-0.2, -0.15) is 0 Å². The molecule has 2 aromatic carbocycles. The van der Waals surface area contributed by atoms with E-state index in [4.69, 9.17) is 4.74 Å². The van der Waals surface area contributed by atoms with Crippen LogP contribution in [0.2, 0.25) is 0 Å². The molecule has 0 spiro atoms. The van der Waals surface area contributed by atoms with E-state index in [1.807, 2.05) is 66.2 Å². The zero-order valence-electron chi connectivity index (χ0n) is 8.47. The second kappa shape index (κ2) is 4.81. The normalized spacial score (nSPS) is 10.1. The van der Waals surface area contributed by atoms with E-state index in [0.29, 0.717) is 0 Å². The van der Waals surface area contributed by atoms with Gasteiger partial charge in [0.2, 0.25) is 0 Å². The van der Waals surface area contributed by atoms with Crippen LogP contribution in [-0.2, 0) is 0 Å². The SMILES string of the molecule is [Li][c]1cccc(S)c1Oc1ccccc1. The molecule has 0 aliphatic carbocycles. The third kappa shape index (κ3) is 2.60. The van der Waals surface area contributed by atoms with Crippen molar-refractivity contribution in [2.45, 2.75) is 4.90 Å². The third-order valence-corrected chi connectivity index (χ3v) is 2.51. The molecule has 0 unspecified atom stereocenters. The maximum absolute atomic E-state index is 5.76. The summed E-state index contributed by atoms with van der Waals surface area (Å²) in [4.78, 5) is 0.860. The molecule has 0 saturated carbocycles. The van der Waals surface area contributed by atoms with Gasteiger partial charge in [-0.25, -0.2) is 0 Å². The van der Waals surface area contributed by atoms with Crippen LogP contribution in [0.1, 0.15) is 0 Å². The number of rotatable bonds is 2. The molecule has 0 aromatic heterocycles. The van der Waals surface area contributed by atoms with Gasteiger partial charge in [-0.3, -0.25) is 0 Å². The van der Waals surface area contributed by atoms with E-state index >= 15 is 0 Å². The number of hydrogen-bond acceptors (Lipinski definition) is 2. The van der Waals surface area contributed by atoms with Crippen molar-refractivity contribution in [3.8, 4) is 11.5 Å². The monoisotopic (exact) mass is 208 g/mol.